The Morgan fingerprint density at radius 1 is 1.06 bits per heavy atom. The van der Waals surface area contributed by atoms with Gasteiger partial charge in [-0.15, -0.1) is 0 Å². The Labute approximate surface area is 110 Å². The van der Waals surface area contributed by atoms with Crippen molar-refractivity contribution in [1.29, 1.82) is 0 Å². The molecule has 0 amide bonds. The highest BCUT2D eigenvalue weighted by Gasteiger charge is 2.13. The van der Waals surface area contributed by atoms with Crippen LogP contribution in [0.2, 0.25) is 0 Å². The number of hydrogen-bond donors (Lipinski definition) is 1. The highest BCUT2D eigenvalue weighted by atomic mass is 79.9. The molecule has 1 nitrogen and oxygen atoms in total. The average molecular weight is 288 g/mol. The van der Waals surface area contributed by atoms with Crippen LogP contribution in [-0.4, -0.2) is 6.54 Å². The lowest BCUT2D eigenvalue weighted by Crippen LogP contribution is -2.24. The zero-order valence-corrected chi connectivity index (χ0v) is 11.1. The van der Waals surface area contributed by atoms with Gasteiger partial charge >= 0.3 is 0 Å². The third-order valence-corrected chi connectivity index (χ3v) is 3.77. The number of benzene rings is 2. The molecule has 3 rings (SSSR count). The molecule has 0 fully saturated rings. The summed E-state index contributed by atoms with van der Waals surface area (Å²) < 4.78 is 1.14. The van der Waals surface area contributed by atoms with Crippen LogP contribution in [0.25, 0.3) is 11.1 Å². The molecule has 0 atom stereocenters. The fourth-order valence-corrected chi connectivity index (χ4v) is 2.84. The average Bonchev–Trinajstić information content (AvgIpc) is 2.38. The van der Waals surface area contributed by atoms with Gasteiger partial charge in [-0.05, 0) is 47.4 Å². The molecule has 0 saturated carbocycles. The van der Waals surface area contributed by atoms with Gasteiger partial charge < -0.3 is 5.32 Å². The van der Waals surface area contributed by atoms with E-state index in [1.807, 2.05) is 0 Å². The van der Waals surface area contributed by atoms with Crippen LogP contribution in [-0.2, 0) is 13.0 Å². The summed E-state index contributed by atoms with van der Waals surface area (Å²) in [7, 11) is 0. The van der Waals surface area contributed by atoms with Gasteiger partial charge in [-0.2, -0.15) is 0 Å². The third kappa shape index (κ3) is 2.15. The van der Waals surface area contributed by atoms with Crippen molar-refractivity contribution in [3.05, 3.63) is 58.1 Å². The van der Waals surface area contributed by atoms with E-state index in [1.165, 1.54) is 22.3 Å². The summed E-state index contributed by atoms with van der Waals surface area (Å²) in [6, 6.07) is 15.1. The summed E-state index contributed by atoms with van der Waals surface area (Å²) in [5.41, 5.74) is 5.59. The summed E-state index contributed by atoms with van der Waals surface area (Å²) in [4.78, 5) is 0. The van der Waals surface area contributed by atoms with E-state index in [-0.39, 0.29) is 0 Å². The van der Waals surface area contributed by atoms with E-state index >= 15 is 0 Å². The lowest BCUT2D eigenvalue weighted by atomic mass is 9.92. The van der Waals surface area contributed by atoms with Gasteiger partial charge in [0.1, 0.15) is 0 Å². The topological polar surface area (TPSA) is 12.0 Å². The molecule has 0 aliphatic carbocycles. The zero-order valence-electron chi connectivity index (χ0n) is 9.54. The van der Waals surface area contributed by atoms with Crippen LogP contribution in [0.1, 0.15) is 11.1 Å². The summed E-state index contributed by atoms with van der Waals surface area (Å²) >= 11 is 3.54. The molecule has 1 N–H and O–H groups in total. The summed E-state index contributed by atoms with van der Waals surface area (Å²) in [6.45, 7) is 2.08. The Balaban J connectivity index is 2.14. The molecule has 2 aromatic rings. The maximum absolute atomic E-state index is 3.54. The van der Waals surface area contributed by atoms with E-state index in [4.69, 9.17) is 0 Å². The van der Waals surface area contributed by atoms with Crippen molar-refractivity contribution in [1.82, 2.24) is 5.32 Å². The molecule has 0 saturated heterocycles. The quantitative estimate of drug-likeness (QED) is 0.842. The second-order valence-electron chi connectivity index (χ2n) is 4.38. The van der Waals surface area contributed by atoms with E-state index in [9.17, 15) is 0 Å². The Bertz CT molecular complexity index is 548. The molecule has 86 valence electrons. The molecule has 1 heterocycles. The summed E-state index contributed by atoms with van der Waals surface area (Å²) in [6.07, 6.45) is 1.14. The van der Waals surface area contributed by atoms with E-state index < -0.39 is 0 Å². The van der Waals surface area contributed by atoms with Gasteiger partial charge in [0.25, 0.3) is 0 Å². The maximum atomic E-state index is 3.54. The smallest absolute Gasteiger partial charge is 0.0214 e. The normalized spacial score (nSPS) is 14.4. The first kappa shape index (κ1) is 11.0. The monoisotopic (exact) mass is 287 g/mol. The summed E-state index contributed by atoms with van der Waals surface area (Å²) in [5, 5.41) is 3.45. The molecule has 0 aromatic heterocycles. The Kier molecular flexibility index (Phi) is 3.00. The van der Waals surface area contributed by atoms with Gasteiger partial charge in [0.2, 0.25) is 0 Å². The number of nitrogens with one attached hydrogen (secondary N) is 1. The predicted molar refractivity (Wildman–Crippen MR) is 75.0 cm³/mol. The van der Waals surface area contributed by atoms with Gasteiger partial charge in [0.05, 0.1) is 0 Å². The van der Waals surface area contributed by atoms with Crippen molar-refractivity contribution >= 4 is 15.9 Å². The Morgan fingerprint density at radius 2 is 1.94 bits per heavy atom. The van der Waals surface area contributed by atoms with Crippen molar-refractivity contribution < 1.29 is 0 Å². The molecule has 0 radical (unpaired) electrons. The number of fused-ring (bicyclic) bond motifs is 1. The second-order valence-corrected chi connectivity index (χ2v) is 5.30. The summed E-state index contributed by atoms with van der Waals surface area (Å²) in [5.74, 6) is 0. The van der Waals surface area contributed by atoms with E-state index in [1.54, 1.807) is 0 Å². The van der Waals surface area contributed by atoms with Crippen molar-refractivity contribution in [3.63, 3.8) is 0 Å². The molecular formula is C15H14BrN. The van der Waals surface area contributed by atoms with Crippen LogP contribution in [0, 0.1) is 0 Å². The molecule has 0 bridgehead atoms. The predicted octanol–water partition coefficient (Wildman–Crippen LogP) is 3.76. The van der Waals surface area contributed by atoms with E-state index in [0.717, 1.165) is 24.0 Å². The Morgan fingerprint density at radius 3 is 2.82 bits per heavy atom. The fourth-order valence-electron chi connectivity index (χ4n) is 2.44. The van der Waals surface area contributed by atoms with Crippen molar-refractivity contribution in [2.45, 2.75) is 13.0 Å². The minimum Gasteiger partial charge on any atom is -0.312 e. The van der Waals surface area contributed by atoms with Crippen LogP contribution in [0.4, 0.5) is 0 Å². The molecule has 1 aliphatic rings. The molecule has 1 aliphatic heterocycles. The van der Waals surface area contributed by atoms with Crippen LogP contribution in [0.3, 0.4) is 0 Å². The van der Waals surface area contributed by atoms with Crippen molar-refractivity contribution in [3.8, 4) is 11.1 Å². The minimum atomic E-state index is 0.984. The molecule has 2 aromatic carbocycles. The minimum absolute atomic E-state index is 0.984. The molecular weight excluding hydrogens is 274 g/mol. The highest BCUT2D eigenvalue weighted by Crippen LogP contribution is 2.29. The molecule has 17 heavy (non-hydrogen) atoms. The van der Waals surface area contributed by atoms with Gasteiger partial charge in [0.15, 0.2) is 0 Å². The van der Waals surface area contributed by atoms with Crippen LogP contribution < -0.4 is 5.32 Å². The van der Waals surface area contributed by atoms with E-state index in [0.29, 0.717) is 0 Å². The first-order valence-corrected chi connectivity index (χ1v) is 6.71. The van der Waals surface area contributed by atoms with Crippen molar-refractivity contribution in [2.24, 2.45) is 0 Å². The number of halogens is 1. The molecule has 2 heteroatoms. The SMILES string of the molecule is Brc1cccc(-c2cccc3c2CNCC3)c1. The first-order chi connectivity index (χ1) is 8.34. The van der Waals surface area contributed by atoms with Crippen LogP contribution in [0.5, 0.6) is 0 Å². The lowest BCUT2D eigenvalue weighted by Gasteiger charge is -2.20. The number of hydrogen-bond acceptors (Lipinski definition) is 1. The van der Waals surface area contributed by atoms with Gasteiger partial charge in [-0.1, -0.05) is 46.3 Å². The van der Waals surface area contributed by atoms with Crippen LogP contribution >= 0.6 is 15.9 Å². The van der Waals surface area contributed by atoms with Crippen LogP contribution in [0.15, 0.2) is 46.9 Å². The first-order valence-electron chi connectivity index (χ1n) is 5.92. The lowest BCUT2D eigenvalue weighted by molar-refractivity contribution is 0.645. The maximum Gasteiger partial charge on any atom is 0.0214 e. The van der Waals surface area contributed by atoms with Gasteiger partial charge in [0, 0.05) is 11.0 Å². The Hall–Kier alpha value is -1.12. The fraction of sp³-hybridized carbons (Fsp3) is 0.200. The largest absolute Gasteiger partial charge is 0.312 e. The second kappa shape index (κ2) is 4.63. The van der Waals surface area contributed by atoms with E-state index in [2.05, 4.69) is 63.7 Å². The number of rotatable bonds is 1. The highest BCUT2D eigenvalue weighted by molar-refractivity contribution is 9.10. The zero-order chi connectivity index (χ0) is 11.7. The molecule has 0 unspecified atom stereocenters. The molecule has 0 spiro atoms. The van der Waals surface area contributed by atoms with Gasteiger partial charge in [-0.3, -0.25) is 0 Å². The standard InChI is InChI=1S/C15H14BrN/c16-13-5-1-4-12(9-13)14-6-2-3-11-7-8-17-10-15(11)14/h1-6,9,17H,7-8,10H2. The van der Waals surface area contributed by atoms with Gasteiger partial charge in [-0.25, -0.2) is 0 Å². The third-order valence-electron chi connectivity index (χ3n) is 3.28. The van der Waals surface area contributed by atoms with Crippen molar-refractivity contribution in [2.75, 3.05) is 6.54 Å².